The summed E-state index contributed by atoms with van der Waals surface area (Å²) < 4.78 is 7.13. The molecule has 1 N–H and O–H groups in total. The molecule has 0 atom stereocenters. The van der Waals surface area contributed by atoms with Crippen LogP contribution in [0, 0.1) is 5.92 Å². The molecule has 2 nitrogen and oxygen atoms in total. The van der Waals surface area contributed by atoms with Crippen molar-refractivity contribution in [2.24, 2.45) is 5.92 Å². The fraction of sp³-hybridized carbons (Fsp3) is 0.625. The van der Waals surface area contributed by atoms with Crippen molar-refractivity contribution >= 4 is 15.9 Å². The average Bonchev–Trinajstić information content (AvgIpc) is 3.10. The van der Waals surface area contributed by atoms with E-state index >= 15 is 0 Å². The van der Waals surface area contributed by atoms with Crippen LogP contribution in [0.15, 0.2) is 22.7 Å². The van der Waals surface area contributed by atoms with Gasteiger partial charge in [0.25, 0.3) is 0 Å². The van der Waals surface area contributed by atoms with Crippen molar-refractivity contribution in [2.75, 3.05) is 6.61 Å². The molecule has 0 bridgehead atoms. The lowest BCUT2D eigenvalue weighted by atomic mass is 10.1. The minimum absolute atomic E-state index is 0.745. The van der Waals surface area contributed by atoms with Crippen LogP contribution in [-0.4, -0.2) is 12.6 Å². The minimum Gasteiger partial charge on any atom is -0.493 e. The number of hydrogen-bond acceptors (Lipinski definition) is 2. The maximum atomic E-state index is 5.96. The Bertz CT molecular complexity index is 425. The molecule has 3 heteroatoms. The number of ether oxygens (including phenoxy) is 1. The molecule has 19 heavy (non-hydrogen) atoms. The molecule has 0 amide bonds. The number of halogens is 1. The summed E-state index contributed by atoms with van der Waals surface area (Å²) in [6.45, 7) is 1.82. The monoisotopic (exact) mass is 323 g/mol. The molecule has 2 aliphatic rings. The highest BCUT2D eigenvalue weighted by atomic mass is 79.9. The molecular weight excluding hydrogens is 302 g/mol. The van der Waals surface area contributed by atoms with E-state index in [1.54, 1.807) is 0 Å². The van der Waals surface area contributed by atoms with Crippen LogP contribution in [0.1, 0.15) is 44.1 Å². The van der Waals surface area contributed by atoms with E-state index < -0.39 is 0 Å². The molecule has 1 aromatic rings. The summed E-state index contributed by atoms with van der Waals surface area (Å²) in [7, 11) is 0. The minimum atomic E-state index is 0.745. The largest absolute Gasteiger partial charge is 0.493 e. The van der Waals surface area contributed by atoms with Crippen LogP contribution in [0.2, 0.25) is 0 Å². The average molecular weight is 324 g/mol. The van der Waals surface area contributed by atoms with Crippen molar-refractivity contribution in [3.05, 3.63) is 28.2 Å². The molecule has 0 saturated heterocycles. The van der Waals surface area contributed by atoms with Crippen molar-refractivity contribution in [1.29, 1.82) is 0 Å². The van der Waals surface area contributed by atoms with Crippen LogP contribution in [0.4, 0.5) is 0 Å². The van der Waals surface area contributed by atoms with Gasteiger partial charge in [0, 0.05) is 17.1 Å². The molecule has 2 saturated carbocycles. The van der Waals surface area contributed by atoms with Gasteiger partial charge in [0.05, 0.1) is 6.61 Å². The first-order valence-electron chi connectivity index (χ1n) is 7.46. The number of nitrogens with one attached hydrogen (secondary N) is 1. The third-order valence-corrected chi connectivity index (χ3v) is 4.91. The van der Waals surface area contributed by atoms with Crippen molar-refractivity contribution in [2.45, 2.75) is 51.1 Å². The van der Waals surface area contributed by atoms with Gasteiger partial charge >= 0.3 is 0 Å². The van der Waals surface area contributed by atoms with Gasteiger partial charge in [-0.15, -0.1) is 0 Å². The summed E-state index contributed by atoms with van der Waals surface area (Å²) in [6.07, 6.45) is 8.10. The molecule has 0 radical (unpaired) electrons. The lowest BCUT2D eigenvalue weighted by Gasteiger charge is -2.13. The van der Waals surface area contributed by atoms with E-state index in [-0.39, 0.29) is 0 Å². The van der Waals surface area contributed by atoms with Crippen LogP contribution >= 0.6 is 15.9 Å². The summed E-state index contributed by atoms with van der Waals surface area (Å²) in [4.78, 5) is 0. The van der Waals surface area contributed by atoms with Gasteiger partial charge < -0.3 is 10.1 Å². The summed E-state index contributed by atoms with van der Waals surface area (Å²) in [6, 6.07) is 7.09. The molecule has 0 unspecified atom stereocenters. The van der Waals surface area contributed by atoms with Crippen molar-refractivity contribution in [3.63, 3.8) is 0 Å². The summed E-state index contributed by atoms with van der Waals surface area (Å²) >= 11 is 3.62. The third kappa shape index (κ3) is 3.96. The lowest BCUT2D eigenvalue weighted by Crippen LogP contribution is -2.15. The Balaban J connectivity index is 1.55. The maximum Gasteiger partial charge on any atom is 0.119 e. The van der Waals surface area contributed by atoms with Crippen LogP contribution in [0.25, 0.3) is 0 Å². The van der Waals surface area contributed by atoms with Gasteiger partial charge in [-0.1, -0.05) is 28.8 Å². The Morgan fingerprint density at radius 2 is 1.95 bits per heavy atom. The molecule has 0 spiro atoms. The zero-order valence-electron chi connectivity index (χ0n) is 11.3. The predicted molar refractivity (Wildman–Crippen MR) is 81.5 cm³/mol. The highest BCUT2D eigenvalue weighted by Crippen LogP contribution is 2.28. The van der Waals surface area contributed by atoms with Gasteiger partial charge in [0.2, 0.25) is 0 Å². The van der Waals surface area contributed by atoms with Crippen molar-refractivity contribution in [1.82, 2.24) is 5.32 Å². The van der Waals surface area contributed by atoms with Gasteiger partial charge in [0.1, 0.15) is 5.75 Å². The normalized spacial score (nSPS) is 19.8. The quantitative estimate of drug-likeness (QED) is 0.844. The van der Waals surface area contributed by atoms with E-state index in [4.69, 9.17) is 4.74 Å². The Morgan fingerprint density at radius 3 is 2.68 bits per heavy atom. The number of benzene rings is 1. The fourth-order valence-corrected chi connectivity index (χ4v) is 3.10. The first-order chi connectivity index (χ1) is 9.31. The van der Waals surface area contributed by atoms with E-state index in [0.29, 0.717) is 0 Å². The van der Waals surface area contributed by atoms with Crippen molar-refractivity contribution < 1.29 is 4.74 Å². The second kappa shape index (κ2) is 6.27. The molecule has 0 heterocycles. The molecule has 1 aromatic carbocycles. The first-order valence-corrected chi connectivity index (χ1v) is 8.25. The van der Waals surface area contributed by atoms with Gasteiger partial charge in [-0.3, -0.25) is 0 Å². The Morgan fingerprint density at radius 1 is 1.16 bits per heavy atom. The molecule has 0 aromatic heterocycles. The van der Waals surface area contributed by atoms with Crippen LogP contribution in [-0.2, 0) is 6.54 Å². The summed E-state index contributed by atoms with van der Waals surface area (Å²) in [5.74, 6) is 1.79. The SMILES string of the molecule is Brc1ccc(OCC2CCCC2)cc1CNC1CC1. The zero-order valence-corrected chi connectivity index (χ0v) is 12.9. The van der Waals surface area contributed by atoms with E-state index in [2.05, 4.69) is 39.4 Å². The summed E-state index contributed by atoms with van der Waals surface area (Å²) in [5, 5.41) is 3.55. The molecule has 2 fully saturated rings. The Labute approximate surface area is 124 Å². The van der Waals surface area contributed by atoms with E-state index in [9.17, 15) is 0 Å². The van der Waals surface area contributed by atoms with Crippen LogP contribution in [0.3, 0.4) is 0 Å². The van der Waals surface area contributed by atoms with Gasteiger partial charge in [-0.25, -0.2) is 0 Å². The van der Waals surface area contributed by atoms with Gasteiger partial charge in [-0.2, -0.15) is 0 Å². The second-order valence-electron chi connectivity index (χ2n) is 5.87. The highest BCUT2D eigenvalue weighted by molar-refractivity contribution is 9.10. The van der Waals surface area contributed by atoms with Crippen LogP contribution < -0.4 is 10.1 Å². The van der Waals surface area contributed by atoms with Crippen molar-refractivity contribution in [3.8, 4) is 5.75 Å². The first kappa shape index (κ1) is 13.4. The second-order valence-corrected chi connectivity index (χ2v) is 6.72. The lowest BCUT2D eigenvalue weighted by molar-refractivity contribution is 0.252. The van der Waals surface area contributed by atoms with Crippen LogP contribution in [0.5, 0.6) is 5.75 Å². The highest BCUT2D eigenvalue weighted by Gasteiger charge is 2.20. The third-order valence-electron chi connectivity index (χ3n) is 4.14. The molecule has 0 aliphatic heterocycles. The molecule has 3 rings (SSSR count). The Hall–Kier alpha value is -0.540. The number of rotatable bonds is 6. The molecule has 2 aliphatic carbocycles. The van der Waals surface area contributed by atoms with E-state index in [0.717, 1.165) is 30.9 Å². The van der Waals surface area contributed by atoms with E-state index in [1.165, 1.54) is 48.6 Å². The number of hydrogen-bond donors (Lipinski definition) is 1. The van der Waals surface area contributed by atoms with E-state index in [1.807, 2.05) is 0 Å². The fourth-order valence-electron chi connectivity index (χ4n) is 2.71. The smallest absolute Gasteiger partial charge is 0.119 e. The summed E-state index contributed by atoms with van der Waals surface area (Å²) in [5.41, 5.74) is 1.30. The van der Waals surface area contributed by atoms with Gasteiger partial charge in [0.15, 0.2) is 0 Å². The topological polar surface area (TPSA) is 21.3 Å². The molecular formula is C16H22BrNO. The molecule has 104 valence electrons. The Kier molecular flexibility index (Phi) is 4.44. The maximum absolute atomic E-state index is 5.96. The van der Waals surface area contributed by atoms with Gasteiger partial charge in [-0.05, 0) is 55.4 Å². The zero-order chi connectivity index (χ0) is 13.1. The predicted octanol–water partition coefficient (Wildman–Crippen LogP) is 4.27. The standard InChI is InChI=1S/C16H22BrNO/c17-16-8-7-15(19-11-12-3-1-2-4-12)9-13(16)10-18-14-5-6-14/h7-9,12,14,18H,1-6,10-11H2.